The lowest BCUT2D eigenvalue weighted by molar-refractivity contribution is 0.102. The Morgan fingerprint density at radius 2 is 1.94 bits per heavy atom. The van der Waals surface area contributed by atoms with Gasteiger partial charge in [-0.05, 0) is 61.8 Å². The minimum Gasteiger partial charge on any atom is -0.319 e. The van der Waals surface area contributed by atoms with Crippen molar-refractivity contribution in [1.29, 1.82) is 0 Å². The number of aromatic nitrogens is 4. The number of carbonyl (C=O) groups is 1. The molecule has 1 aromatic carbocycles. The van der Waals surface area contributed by atoms with Gasteiger partial charge >= 0.3 is 0 Å². The number of piperidine rings is 1. The maximum Gasteiger partial charge on any atom is 0.276 e. The smallest absolute Gasteiger partial charge is 0.276 e. The normalized spacial score (nSPS) is 14.6. The molecule has 1 aliphatic heterocycles. The fraction of sp³-hybridized carbons (Fsp3) is 0.250. The second-order valence-corrected chi connectivity index (χ2v) is 7.90. The predicted molar refractivity (Wildman–Crippen MR) is 121 cm³/mol. The summed E-state index contributed by atoms with van der Waals surface area (Å²) in [6, 6.07) is 13.6. The molecule has 7 heteroatoms. The first-order valence-electron chi connectivity index (χ1n) is 10.6. The summed E-state index contributed by atoms with van der Waals surface area (Å²) in [4.78, 5) is 24.0. The molecule has 31 heavy (non-hydrogen) atoms. The number of rotatable bonds is 5. The fourth-order valence-corrected chi connectivity index (χ4v) is 4.03. The highest BCUT2D eigenvalue weighted by Gasteiger charge is 2.16. The molecular weight excluding hydrogens is 388 g/mol. The van der Waals surface area contributed by atoms with Gasteiger partial charge in [-0.2, -0.15) is 5.10 Å². The number of pyridine rings is 2. The van der Waals surface area contributed by atoms with Crippen LogP contribution in [-0.4, -0.2) is 44.1 Å². The summed E-state index contributed by atoms with van der Waals surface area (Å²) in [6.45, 7) is 3.12. The molecule has 0 unspecified atom stereocenters. The van der Waals surface area contributed by atoms with Gasteiger partial charge in [-0.3, -0.25) is 24.8 Å². The van der Waals surface area contributed by atoms with Gasteiger partial charge in [0, 0.05) is 29.9 Å². The van der Waals surface area contributed by atoms with E-state index in [4.69, 9.17) is 0 Å². The molecular formula is C24H24N6O. The Labute approximate surface area is 180 Å². The Hall–Kier alpha value is -3.58. The van der Waals surface area contributed by atoms with Gasteiger partial charge in [-0.25, -0.2) is 0 Å². The van der Waals surface area contributed by atoms with Crippen molar-refractivity contribution < 1.29 is 4.79 Å². The molecule has 1 saturated heterocycles. The maximum atomic E-state index is 12.9. The highest BCUT2D eigenvalue weighted by Crippen LogP contribution is 2.25. The average molecular weight is 412 g/mol. The highest BCUT2D eigenvalue weighted by atomic mass is 16.1. The summed E-state index contributed by atoms with van der Waals surface area (Å²) in [7, 11) is 0. The molecule has 1 fully saturated rings. The molecule has 156 valence electrons. The van der Waals surface area contributed by atoms with E-state index >= 15 is 0 Å². The van der Waals surface area contributed by atoms with Crippen LogP contribution in [-0.2, 0) is 6.54 Å². The van der Waals surface area contributed by atoms with Crippen LogP contribution in [0.3, 0.4) is 0 Å². The van der Waals surface area contributed by atoms with Crippen LogP contribution in [0, 0.1) is 0 Å². The number of hydrogen-bond donors (Lipinski definition) is 2. The monoisotopic (exact) mass is 412 g/mol. The van der Waals surface area contributed by atoms with E-state index in [0.717, 1.165) is 47.4 Å². The molecule has 4 heterocycles. The van der Waals surface area contributed by atoms with Crippen LogP contribution >= 0.6 is 0 Å². The third kappa shape index (κ3) is 4.32. The Morgan fingerprint density at radius 3 is 2.71 bits per heavy atom. The van der Waals surface area contributed by atoms with E-state index in [-0.39, 0.29) is 5.91 Å². The number of benzene rings is 1. The van der Waals surface area contributed by atoms with Gasteiger partial charge in [0.1, 0.15) is 0 Å². The van der Waals surface area contributed by atoms with Crippen LogP contribution in [0.15, 0.2) is 61.1 Å². The Bertz CT molecular complexity index is 1180. The Morgan fingerprint density at radius 1 is 1.03 bits per heavy atom. The first-order valence-corrected chi connectivity index (χ1v) is 10.6. The minimum atomic E-state index is -0.264. The number of likely N-dealkylation sites (tertiary alicyclic amines) is 1. The summed E-state index contributed by atoms with van der Waals surface area (Å²) >= 11 is 0. The predicted octanol–water partition coefficient (Wildman–Crippen LogP) is 4.26. The average Bonchev–Trinajstić information content (AvgIpc) is 3.25. The van der Waals surface area contributed by atoms with Crippen molar-refractivity contribution >= 4 is 22.5 Å². The van der Waals surface area contributed by atoms with Crippen LogP contribution in [0.2, 0.25) is 0 Å². The van der Waals surface area contributed by atoms with Gasteiger partial charge in [0.05, 0.1) is 23.1 Å². The number of carbonyl (C=O) groups excluding carboxylic acids is 1. The lowest BCUT2D eigenvalue weighted by atomic mass is 10.0. The van der Waals surface area contributed by atoms with Gasteiger partial charge < -0.3 is 5.32 Å². The topological polar surface area (TPSA) is 86.8 Å². The largest absolute Gasteiger partial charge is 0.319 e. The molecule has 0 radical (unpaired) electrons. The van der Waals surface area contributed by atoms with Gasteiger partial charge in [-0.1, -0.05) is 18.6 Å². The van der Waals surface area contributed by atoms with E-state index in [2.05, 4.69) is 30.4 Å². The van der Waals surface area contributed by atoms with Gasteiger partial charge in [0.25, 0.3) is 5.91 Å². The molecule has 3 aromatic heterocycles. The second kappa shape index (κ2) is 8.65. The Kier molecular flexibility index (Phi) is 5.41. The van der Waals surface area contributed by atoms with E-state index in [0.29, 0.717) is 11.4 Å². The van der Waals surface area contributed by atoms with Crippen LogP contribution in [0.4, 0.5) is 5.69 Å². The molecule has 5 rings (SSSR count). The van der Waals surface area contributed by atoms with E-state index < -0.39 is 0 Å². The van der Waals surface area contributed by atoms with E-state index in [1.807, 2.05) is 42.5 Å². The lowest BCUT2D eigenvalue weighted by Crippen LogP contribution is -2.29. The first-order chi connectivity index (χ1) is 15.3. The zero-order valence-corrected chi connectivity index (χ0v) is 17.2. The molecule has 0 spiro atoms. The standard InChI is InChI=1S/C24H24N6O/c31-24(27-19-7-8-20(26-15-19)16-30-11-2-1-3-12-30)23-21-13-17(6-9-22(21)28-29-23)18-5-4-10-25-14-18/h4-10,13-15H,1-3,11-12,16H2,(H,27,31)(H,28,29). The quantitative estimate of drug-likeness (QED) is 0.511. The number of nitrogens with zero attached hydrogens (tertiary/aromatic N) is 4. The van der Waals surface area contributed by atoms with Gasteiger partial charge in [-0.15, -0.1) is 0 Å². The number of amides is 1. The zero-order chi connectivity index (χ0) is 21.0. The summed E-state index contributed by atoms with van der Waals surface area (Å²) in [5.41, 5.74) is 4.83. The lowest BCUT2D eigenvalue weighted by Gasteiger charge is -2.25. The second-order valence-electron chi connectivity index (χ2n) is 7.90. The number of H-pyrrole nitrogens is 1. The molecule has 4 aromatic rings. The highest BCUT2D eigenvalue weighted by molar-refractivity contribution is 6.11. The van der Waals surface area contributed by atoms with E-state index in [9.17, 15) is 4.79 Å². The maximum absolute atomic E-state index is 12.9. The molecule has 0 aliphatic carbocycles. The number of hydrogen-bond acceptors (Lipinski definition) is 5. The Balaban J connectivity index is 1.32. The molecule has 2 N–H and O–H groups in total. The third-order valence-electron chi connectivity index (χ3n) is 5.69. The number of nitrogens with one attached hydrogen (secondary N) is 2. The van der Waals surface area contributed by atoms with Crippen molar-refractivity contribution in [3.8, 4) is 11.1 Å². The van der Waals surface area contributed by atoms with E-state index in [1.165, 1.54) is 19.3 Å². The van der Waals surface area contributed by atoms with Crippen LogP contribution in [0.5, 0.6) is 0 Å². The fourth-order valence-electron chi connectivity index (χ4n) is 4.03. The SMILES string of the molecule is O=C(Nc1ccc(CN2CCCCC2)nc1)c1n[nH]c2ccc(-c3cccnc3)cc12. The summed E-state index contributed by atoms with van der Waals surface area (Å²) < 4.78 is 0. The molecule has 7 nitrogen and oxygen atoms in total. The van der Waals surface area contributed by atoms with E-state index in [1.54, 1.807) is 18.6 Å². The van der Waals surface area contributed by atoms with Crippen molar-refractivity contribution in [3.05, 3.63) is 72.4 Å². The van der Waals surface area contributed by atoms with Crippen LogP contribution in [0.1, 0.15) is 35.4 Å². The number of aromatic amines is 1. The summed E-state index contributed by atoms with van der Waals surface area (Å²) in [6.07, 6.45) is 9.10. The number of fused-ring (bicyclic) bond motifs is 1. The van der Waals surface area contributed by atoms with Crippen molar-refractivity contribution in [1.82, 2.24) is 25.1 Å². The summed E-state index contributed by atoms with van der Waals surface area (Å²) in [5.74, 6) is -0.264. The molecule has 0 atom stereocenters. The van der Waals surface area contributed by atoms with Gasteiger partial charge in [0.2, 0.25) is 0 Å². The summed E-state index contributed by atoms with van der Waals surface area (Å²) in [5, 5.41) is 10.9. The number of anilines is 1. The zero-order valence-electron chi connectivity index (χ0n) is 17.2. The molecule has 1 aliphatic rings. The third-order valence-corrected chi connectivity index (χ3v) is 5.69. The molecule has 0 bridgehead atoms. The minimum absolute atomic E-state index is 0.264. The molecule has 1 amide bonds. The molecule has 0 saturated carbocycles. The van der Waals surface area contributed by atoms with Crippen LogP contribution in [0.25, 0.3) is 22.0 Å². The first kappa shape index (κ1) is 19.4. The van der Waals surface area contributed by atoms with Crippen molar-refractivity contribution in [3.63, 3.8) is 0 Å². The van der Waals surface area contributed by atoms with Crippen molar-refractivity contribution in [2.75, 3.05) is 18.4 Å². The van der Waals surface area contributed by atoms with Crippen molar-refractivity contribution in [2.24, 2.45) is 0 Å². The van der Waals surface area contributed by atoms with Gasteiger partial charge in [0.15, 0.2) is 5.69 Å². The van der Waals surface area contributed by atoms with Crippen LogP contribution < -0.4 is 5.32 Å². The van der Waals surface area contributed by atoms with Crippen molar-refractivity contribution in [2.45, 2.75) is 25.8 Å².